The lowest BCUT2D eigenvalue weighted by Gasteiger charge is -2.10. The summed E-state index contributed by atoms with van der Waals surface area (Å²) in [6.45, 7) is 0. The van der Waals surface area contributed by atoms with Gasteiger partial charge in [-0.3, -0.25) is 20.2 Å². The zero-order chi connectivity index (χ0) is 10.1. The molecule has 0 saturated carbocycles. The number of nitro groups is 2. The van der Waals surface area contributed by atoms with Crippen LogP contribution in [0.1, 0.15) is 12.8 Å². The Hall–Kier alpha value is -0.950. The molecule has 0 N–H and O–H groups in total. The fraction of sp³-hybridized carbons (Fsp3) is 1.00. The Bertz CT molecular complexity index is 231. The van der Waals surface area contributed by atoms with Gasteiger partial charge in [0, 0.05) is 5.88 Å². The van der Waals surface area contributed by atoms with Crippen LogP contribution in [0.5, 0.6) is 0 Å². The molecular weight excluding hydrogens is 204 g/mol. The van der Waals surface area contributed by atoms with Crippen LogP contribution in [-0.2, 0) is 4.74 Å². The van der Waals surface area contributed by atoms with Crippen LogP contribution in [0.15, 0.2) is 0 Å². The topological polar surface area (TPSA) is 95.5 Å². The number of rotatable bonds is 3. The first-order chi connectivity index (χ1) is 6.03. The summed E-state index contributed by atoms with van der Waals surface area (Å²) >= 11 is 5.37. The second-order valence-corrected chi connectivity index (χ2v) is 3.00. The molecule has 1 heterocycles. The van der Waals surface area contributed by atoms with Crippen molar-refractivity contribution in [2.45, 2.75) is 24.8 Å². The van der Waals surface area contributed by atoms with Crippen molar-refractivity contribution >= 4 is 11.6 Å². The van der Waals surface area contributed by atoms with E-state index in [1.165, 1.54) is 0 Å². The minimum atomic E-state index is -2.47. The smallest absolute Gasteiger partial charge is 0.256 e. The van der Waals surface area contributed by atoms with Crippen molar-refractivity contribution in [1.82, 2.24) is 0 Å². The average Bonchev–Trinajstić information content (AvgIpc) is 2.48. The van der Waals surface area contributed by atoms with Crippen molar-refractivity contribution in [2.24, 2.45) is 0 Å². The number of hydrogen-bond donors (Lipinski definition) is 0. The third-order valence-electron chi connectivity index (χ3n) is 1.89. The van der Waals surface area contributed by atoms with Crippen molar-refractivity contribution in [3.63, 3.8) is 0 Å². The third-order valence-corrected chi connectivity index (χ3v) is 2.23. The first-order valence-corrected chi connectivity index (χ1v) is 4.09. The SMILES string of the molecule is O=[N+]([O-])C1([N+](=O)[O-])CCC(CCl)O1. The highest BCUT2D eigenvalue weighted by Gasteiger charge is 2.63. The first kappa shape index (κ1) is 10.1. The molecule has 74 valence electrons. The number of hydrogen-bond acceptors (Lipinski definition) is 5. The summed E-state index contributed by atoms with van der Waals surface area (Å²) in [5.74, 6) is -2.44. The van der Waals surface area contributed by atoms with Crippen molar-refractivity contribution in [1.29, 1.82) is 0 Å². The van der Waals surface area contributed by atoms with Crippen LogP contribution < -0.4 is 0 Å². The number of halogens is 1. The lowest BCUT2D eigenvalue weighted by Crippen LogP contribution is -2.46. The van der Waals surface area contributed by atoms with Gasteiger partial charge in [0.1, 0.15) is 16.3 Å². The van der Waals surface area contributed by atoms with Crippen LogP contribution in [0, 0.1) is 20.2 Å². The molecular formula is C5H7ClN2O5. The standard InChI is InChI=1S/C5H7ClN2O5/c6-3-4-1-2-5(13-4,7(9)10)8(11)12/h4H,1-3H2. The fourth-order valence-corrected chi connectivity index (χ4v) is 1.40. The van der Waals surface area contributed by atoms with E-state index in [9.17, 15) is 20.2 Å². The zero-order valence-electron chi connectivity index (χ0n) is 6.51. The van der Waals surface area contributed by atoms with Gasteiger partial charge in [0.25, 0.3) is 0 Å². The van der Waals surface area contributed by atoms with E-state index < -0.39 is 21.8 Å². The molecule has 7 nitrogen and oxygen atoms in total. The monoisotopic (exact) mass is 210 g/mol. The summed E-state index contributed by atoms with van der Waals surface area (Å²) in [6, 6.07) is 0. The molecule has 13 heavy (non-hydrogen) atoms. The van der Waals surface area contributed by atoms with Crippen LogP contribution in [0.25, 0.3) is 0 Å². The summed E-state index contributed by atoms with van der Waals surface area (Å²) in [7, 11) is 0. The largest absolute Gasteiger partial charge is 0.578 e. The summed E-state index contributed by atoms with van der Waals surface area (Å²) in [5, 5.41) is 20.8. The predicted octanol–water partition coefficient (Wildman–Crippen LogP) is 0.611. The van der Waals surface area contributed by atoms with Gasteiger partial charge >= 0.3 is 5.85 Å². The summed E-state index contributed by atoms with van der Waals surface area (Å²) in [5.41, 5.74) is 0. The molecule has 1 rings (SSSR count). The predicted molar refractivity (Wildman–Crippen MR) is 41.5 cm³/mol. The highest BCUT2D eigenvalue weighted by molar-refractivity contribution is 6.18. The molecule has 1 fully saturated rings. The molecule has 0 aliphatic carbocycles. The Morgan fingerprint density at radius 3 is 2.23 bits per heavy atom. The van der Waals surface area contributed by atoms with E-state index in [-0.39, 0.29) is 18.7 Å². The Morgan fingerprint density at radius 1 is 1.46 bits per heavy atom. The average molecular weight is 211 g/mol. The third kappa shape index (κ3) is 1.56. The van der Waals surface area contributed by atoms with Gasteiger partial charge in [-0.2, -0.15) is 0 Å². The summed E-state index contributed by atoms with van der Waals surface area (Å²) in [6.07, 6.45) is -0.590. The Balaban J connectivity index is 2.84. The Morgan fingerprint density at radius 2 is 2.00 bits per heavy atom. The van der Waals surface area contributed by atoms with E-state index in [1.54, 1.807) is 0 Å². The molecule has 1 aliphatic heterocycles. The molecule has 0 radical (unpaired) electrons. The lowest BCUT2D eigenvalue weighted by molar-refractivity contribution is -0.846. The lowest BCUT2D eigenvalue weighted by atomic mass is 10.2. The van der Waals surface area contributed by atoms with E-state index in [0.717, 1.165) is 0 Å². The van der Waals surface area contributed by atoms with Gasteiger partial charge in [-0.25, -0.2) is 4.74 Å². The van der Waals surface area contributed by atoms with Crippen LogP contribution in [-0.4, -0.2) is 27.7 Å². The number of ether oxygens (including phenoxy) is 1. The van der Waals surface area contributed by atoms with Crippen LogP contribution in [0.3, 0.4) is 0 Å². The Labute approximate surface area is 77.9 Å². The highest BCUT2D eigenvalue weighted by atomic mass is 35.5. The highest BCUT2D eigenvalue weighted by Crippen LogP contribution is 2.31. The molecule has 1 unspecified atom stereocenters. The van der Waals surface area contributed by atoms with Gasteiger partial charge in [-0.15, -0.1) is 11.6 Å². The first-order valence-electron chi connectivity index (χ1n) is 3.55. The van der Waals surface area contributed by atoms with E-state index in [1.807, 2.05) is 0 Å². The Kier molecular flexibility index (Phi) is 2.67. The van der Waals surface area contributed by atoms with Gasteiger partial charge < -0.3 is 0 Å². The maximum atomic E-state index is 10.4. The minimum Gasteiger partial charge on any atom is -0.256 e. The molecule has 1 aliphatic rings. The van der Waals surface area contributed by atoms with Crippen molar-refractivity contribution in [2.75, 3.05) is 5.88 Å². The molecule has 0 aromatic carbocycles. The van der Waals surface area contributed by atoms with Gasteiger partial charge in [0.15, 0.2) is 0 Å². The van der Waals surface area contributed by atoms with Crippen LogP contribution >= 0.6 is 11.6 Å². The summed E-state index contributed by atoms with van der Waals surface area (Å²) in [4.78, 5) is 18.8. The van der Waals surface area contributed by atoms with Crippen molar-refractivity contribution in [3.8, 4) is 0 Å². The second kappa shape index (κ2) is 3.43. The van der Waals surface area contributed by atoms with E-state index >= 15 is 0 Å². The van der Waals surface area contributed by atoms with E-state index in [2.05, 4.69) is 0 Å². The van der Waals surface area contributed by atoms with Crippen LogP contribution in [0.2, 0.25) is 0 Å². The quantitative estimate of drug-likeness (QED) is 0.294. The molecule has 0 aromatic heterocycles. The van der Waals surface area contributed by atoms with E-state index in [0.29, 0.717) is 0 Å². The maximum Gasteiger partial charge on any atom is 0.578 e. The van der Waals surface area contributed by atoms with Crippen molar-refractivity contribution in [3.05, 3.63) is 20.2 Å². The molecule has 0 bridgehead atoms. The molecule has 0 aromatic rings. The van der Waals surface area contributed by atoms with Gasteiger partial charge in [-0.1, -0.05) is 0 Å². The maximum absolute atomic E-state index is 10.4. The number of alkyl halides is 1. The molecule has 1 saturated heterocycles. The van der Waals surface area contributed by atoms with Gasteiger partial charge in [0.2, 0.25) is 0 Å². The molecule has 8 heteroatoms. The van der Waals surface area contributed by atoms with Crippen molar-refractivity contribution < 1.29 is 14.6 Å². The van der Waals surface area contributed by atoms with Crippen LogP contribution in [0.4, 0.5) is 0 Å². The molecule has 0 amide bonds. The van der Waals surface area contributed by atoms with Gasteiger partial charge in [-0.05, 0) is 6.42 Å². The second-order valence-electron chi connectivity index (χ2n) is 2.69. The minimum absolute atomic E-state index is 0.0312. The molecule has 0 spiro atoms. The summed E-state index contributed by atoms with van der Waals surface area (Å²) < 4.78 is 4.69. The normalized spacial score (nSPS) is 25.8. The van der Waals surface area contributed by atoms with Gasteiger partial charge in [0.05, 0.1) is 6.10 Å². The van der Waals surface area contributed by atoms with E-state index in [4.69, 9.17) is 16.3 Å². The molecule has 1 atom stereocenters. The number of nitrogens with zero attached hydrogens (tertiary/aromatic N) is 2. The fourth-order valence-electron chi connectivity index (χ4n) is 1.18. The zero-order valence-corrected chi connectivity index (χ0v) is 7.27.